The normalized spacial score (nSPS) is 27.3. The number of carboxylic acid groups (broad SMARTS) is 1. The van der Waals surface area contributed by atoms with Gasteiger partial charge in [0, 0.05) is 23.4 Å². The Labute approximate surface area is 97.5 Å². The maximum Gasteiger partial charge on any atom is 0.309 e. The Hall–Kier alpha value is -1.85. The molecule has 0 radical (unpaired) electrons. The van der Waals surface area contributed by atoms with Gasteiger partial charge in [0.1, 0.15) is 5.76 Å². The minimum atomic E-state index is -1.32. The minimum absolute atomic E-state index is 0.0877. The summed E-state index contributed by atoms with van der Waals surface area (Å²) in [7, 11) is 1.24. The third-order valence-electron chi connectivity index (χ3n) is 3.40. The largest absolute Gasteiger partial charge is 0.550 e. The number of carbonyl (C=O) groups is 2. The van der Waals surface area contributed by atoms with Crippen LogP contribution in [0.3, 0.4) is 0 Å². The second kappa shape index (κ2) is 3.87. The molecule has 0 bridgehead atoms. The molecule has 0 spiro atoms. The number of carboxylic acids is 1. The van der Waals surface area contributed by atoms with Gasteiger partial charge in [0.25, 0.3) is 0 Å². The number of hydrogen-bond donors (Lipinski definition) is 0. The Bertz CT molecular complexity index is 466. The van der Waals surface area contributed by atoms with Crippen molar-refractivity contribution in [3.05, 3.63) is 17.5 Å². The van der Waals surface area contributed by atoms with Gasteiger partial charge in [0.15, 0.2) is 0 Å². The quantitative estimate of drug-likeness (QED) is 0.634. The predicted molar refractivity (Wildman–Crippen MR) is 52.5 cm³/mol. The van der Waals surface area contributed by atoms with Crippen molar-refractivity contribution in [3.63, 3.8) is 0 Å². The fourth-order valence-corrected chi connectivity index (χ4v) is 2.20. The summed E-state index contributed by atoms with van der Waals surface area (Å²) in [4.78, 5) is 22.9. The number of carbonyl (C=O) groups excluding carboxylic acids is 2. The highest BCUT2D eigenvalue weighted by molar-refractivity contribution is 5.84. The van der Waals surface area contributed by atoms with Crippen molar-refractivity contribution in [1.82, 2.24) is 5.16 Å². The van der Waals surface area contributed by atoms with Crippen molar-refractivity contribution in [3.8, 4) is 0 Å². The second-order valence-electron chi connectivity index (χ2n) is 4.44. The first-order valence-electron chi connectivity index (χ1n) is 5.20. The van der Waals surface area contributed by atoms with Crippen LogP contribution in [0.2, 0.25) is 0 Å². The SMILES string of the molecule is COC(=O)[C@H]1Cc2cnoc2C[C@]1(C)C(=O)[O-]. The van der Waals surface area contributed by atoms with Crippen molar-refractivity contribution < 1.29 is 24.0 Å². The summed E-state index contributed by atoms with van der Waals surface area (Å²) in [6.07, 6.45) is 1.83. The molecule has 6 heteroatoms. The fourth-order valence-electron chi connectivity index (χ4n) is 2.20. The van der Waals surface area contributed by atoms with Crippen LogP contribution in [-0.4, -0.2) is 24.2 Å². The molecule has 1 aromatic rings. The molecule has 0 amide bonds. The molecular weight excluding hydrogens is 226 g/mol. The smallest absolute Gasteiger partial charge is 0.309 e. The number of ether oxygens (including phenoxy) is 1. The Kier molecular flexibility index (Phi) is 2.65. The molecule has 6 nitrogen and oxygen atoms in total. The number of fused-ring (bicyclic) bond motifs is 1. The molecule has 1 aliphatic rings. The van der Waals surface area contributed by atoms with Crippen molar-refractivity contribution in [1.29, 1.82) is 0 Å². The average Bonchev–Trinajstić information content (AvgIpc) is 2.73. The number of aliphatic carboxylic acids is 1. The Morgan fingerprint density at radius 3 is 2.94 bits per heavy atom. The van der Waals surface area contributed by atoms with Crippen molar-refractivity contribution >= 4 is 11.9 Å². The molecule has 0 unspecified atom stereocenters. The van der Waals surface area contributed by atoms with Gasteiger partial charge in [-0.3, -0.25) is 4.79 Å². The summed E-state index contributed by atoms with van der Waals surface area (Å²) in [6.45, 7) is 1.47. The monoisotopic (exact) mass is 238 g/mol. The summed E-state index contributed by atoms with van der Waals surface area (Å²) < 4.78 is 9.62. The molecule has 0 saturated heterocycles. The van der Waals surface area contributed by atoms with Gasteiger partial charge in [-0.2, -0.15) is 0 Å². The molecule has 0 aromatic carbocycles. The molecule has 0 saturated carbocycles. The second-order valence-corrected chi connectivity index (χ2v) is 4.44. The Morgan fingerprint density at radius 1 is 1.65 bits per heavy atom. The van der Waals surface area contributed by atoms with E-state index in [2.05, 4.69) is 9.89 Å². The van der Waals surface area contributed by atoms with Crippen LogP contribution in [0, 0.1) is 11.3 Å². The van der Waals surface area contributed by atoms with E-state index in [1.165, 1.54) is 20.2 Å². The maximum absolute atomic E-state index is 11.7. The average molecular weight is 238 g/mol. The molecule has 1 aliphatic carbocycles. The van der Waals surface area contributed by atoms with Crippen LogP contribution < -0.4 is 5.11 Å². The highest BCUT2D eigenvalue weighted by atomic mass is 16.5. The van der Waals surface area contributed by atoms with E-state index in [0.29, 0.717) is 5.76 Å². The van der Waals surface area contributed by atoms with Crippen LogP contribution >= 0.6 is 0 Å². The van der Waals surface area contributed by atoms with E-state index < -0.39 is 23.3 Å². The third-order valence-corrected chi connectivity index (χ3v) is 3.40. The summed E-state index contributed by atoms with van der Waals surface area (Å²) >= 11 is 0. The first kappa shape index (κ1) is 11.6. The van der Waals surface area contributed by atoms with E-state index in [1.807, 2.05) is 0 Å². The summed E-state index contributed by atoms with van der Waals surface area (Å²) in [6, 6.07) is 0. The van der Waals surface area contributed by atoms with E-state index in [9.17, 15) is 14.7 Å². The number of hydrogen-bond acceptors (Lipinski definition) is 6. The van der Waals surface area contributed by atoms with Crippen LogP contribution in [0.25, 0.3) is 0 Å². The van der Waals surface area contributed by atoms with Crippen molar-refractivity contribution in [2.24, 2.45) is 11.3 Å². The molecule has 92 valence electrons. The topological polar surface area (TPSA) is 92.5 Å². The zero-order chi connectivity index (χ0) is 12.6. The highest BCUT2D eigenvalue weighted by Crippen LogP contribution is 2.40. The van der Waals surface area contributed by atoms with Gasteiger partial charge < -0.3 is 19.2 Å². The predicted octanol–water partition coefficient (Wildman–Crippen LogP) is -0.681. The zero-order valence-corrected chi connectivity index (χ0v) is 9.56. The van der Waals surface area contributed by atoms with E-state index >= 15 is 0 Å². The van der Waals surface area contributed by atoms with Gasteiger partial charge in [-0.05, 0) is 6.42 Å². The van der Waals surface area contributed by atoms with Crippen LogP contribution in [0.1, 0.15) is 18.2 Å². The van der Waals surface area contributed by atoms with Crippen LogP contribution in [0.5, 0.6) is 0 Å². The minimum Gasteiger partial charge on any atom is -0.550 e. The van der Waals surface area contributed by atoms with Gasteiger partial charge >= 0.3 is 5.97 Å². The van der Waals surface area contributed by atoms with Gasteiger partial charge in [-0.15, -0.1) is 0 Å². The van der Waals surface area contributed by atoms with Gasteiger partial charge in [0.2, 0.25) is 0 Å². The van der Waals surface area contributed by atoms with Gasteiger partial charge in [-0.1, -0.05) is 12.1 Å². The number of nitrogens with zero attached hydrogens (tertiary/aromatic N) is 1. The molecule has 1 heterocycles. The lowest BCUT2D eigenvalue weighted by Crippen LogP contribution is -2.52. The molecule has 2 rings (SSSR count). The zero-order valence-electron chi connectivity index (χ0n) is 9.56. The van der Waals surface area contributed by atoms with Crippen LogP contribution in [0.4, 0.5) is 0 Å². The van der Waals surface area contributed by atoms with E-state index in [1.54, 1.807) is 0 Å². The van der Waals surface area contributed by atoms with Crippen LogP contribution in [-0.2, 0) is 27.2 Å². The molecule has 2 atom stereocenters. The van der Waals surface area contributed by atoms with Gasteiger partial charge in [-0.25, -0.2) is 0 Å². The summed E-state index contributed by atoms with van der Waals surface area (Å²) in [5.41, 5.74) is -0.571. The molecule has 0 aliphatic heterocycles. The third kappa shape index (κ3) is 1.69. The van der Waals surface area contributed by atoms with E-state index in [4.69, 9.17) is 4.52 Å². The first-order chi connectivity index (χ1) is 7.99. The highest BCUT2D eigenvalue weighted by Gasteiger charge is 2.46. The Balaban J connectivity index is 2.43. The lowest BCUT2D eigenvalue weighted by atomic mass is 9.67. The van der Waals surface area contributed by atoms with E-state index in [0.717, 1.165) is 5.56 Å². The molecule has 1 aromatic heterocycles. The van der Waals surface area contributed by atoms with Crippen LogP contribution in [0.15, 0.2) is 10.7 Å². The van der Waals surface area contributed by atoms with Gasteiger partial charge in [0.05, 0.1) is 19.2 Å². The molecule has 17 heavy (non-hydrogen) atoms. The first-order valence-corrected chi connectivity index (χ1v) is 5.20. The molecular formula is C11H12NO5-. The summed E-state index contributed by atoms with van der Waals surface area (Å²) in [5.74, 6) is -2.11. The number of methoxy groups -OCH3 is 1. The molecule has 0 fully saturated rings. The number of aromatic nitrogens is 1. The number of esters is 1. The molecule has 0 N–H and O–H groups in total. The number of rotatable bonds is 2. The Morgan fingerprint density at radius 2 is 2.35 bits per heavy atom. The summed E-state index contributed by atoms with van der Waals surface area (Å²) in [5, 5.41) is 14.9. The maximum atomic E-state index is 11.7. The lowest BCUT2D eigenvalue weighted by Gasteiger charge is -2.39. The van der Waals surface area contributed by atoms with Crippen molar-refractivity contribution in [2.75, 3.05) is 7.11 Å². The lowest BCUT2D eigenvalue weighted by molar-refractivity contribution is -0.321. The fraction of sp³-hybridized carbons (Fsp3) is 0.545. The van der Waals surface area contributed by atoms with Crippen molar-refractivity contribution in [2.45, 2.75) is 19.8 Å². The van der Waals surface area contributed by atoms with E-state index in [-0.39, 0.29) is 12.8 Å². The standard InChI is InChI=1S/C11H13NO5/c1-11(10(14)15)4-8-6(5-12-17-8)3-7(11)9(13)16-2/h5,7H,3-4H2,1-2H3,(H,14,15)/p-1/t7-,11+/m1/s1.